The number of nitrogens with zero attached hydrogens (tertiary/aromatic N) is 1. The Balaban J connectivity index is 2.40. The summed E-state index contributed by atoms with van der Waals surface area (Å²) in [6, 6.07) is 2.47. The van der Waals surface area contributed by atoms with Gasteiger partial charge in [0, 0.05) is 17.7 Å². The van der Waals surface area contributed by atoms with Gasteiger partial charge in [0.2, 0.25) is 0 Å². The van der Waals surface area contributed by atoms with Crippen molar-refractivity contribution in [1.29, 1.82) is 0 Å². The highest BCUT2D eigenvalue weighted by Gasteiger charge is 2.34. The maximum Gasteiger partial charge on any atom is 0.408 e. The van der Waals surface area contributed by atoms with Gasteiger partial charge in [-0.1, -0.05) is 0 Å². The summed E-state index contributed by atoms with van der Waals surface area (Å²) in [5.41, 5.74) is -0.174. The molecule has 1 saturated heterocycles. The monoisotopic (exact) mass is 240 g/mol. The first-order chi connectivity index (χ1) is 7.99. The van der Waals surface area contributed by atoms with Gasteiger partial charge in [-0.15, -0.1) is 0 Å². The highest BCUT2D eigenvalue weighted by atomic mass is 19.1. The van der Waals surface area contributed by atoms with Crippen LogP contribution in [0.1, 0.15) is 18.5 Å². The quantitative estimate of drug-likeness (QED) is 0.632. The average molecular weight is 240 g/mol. The van der Waals surface area contributed by atoms with Gasteiger partial charge in [0.25, 0.3) is 5.69 Å². The summed E-state index contributed by atoms with van der Waals surface area (Å²) in [4.78, 5) is 20.9. The minimum Gasteiger partial charge on any atom is -0.444 e. The van der Waals surface area contributed by atoms with E-state index in [1.807, 2.05) is 0 Å². The number of nitrogens with one attached hydrogen (secondary N) is 1. The van der Waals surface area contributed by atoms with E-state index in [-0.39, 0.29) is 11.3 Å². The predicted octanol–water partition coefficient (Wildman–Crippen LogP) is 1.90. The molecule has 1 fully saturated rings. The van der Waals surface area contributed by atoms with Crippen LogP contribution in [0, 0.1) is 15.9 Å². The fourth-order valence-corrected chi connectivity index (χ4v) is 1.73. The summed E-state index contributed by atoms with van der Waals surface area (Å²) in [5, 5.41) is 13.0. The Morgan fingerprint density at radius 3 is 2.76 bits per heavy atom. The summed E-state index contributed by atoms with van der Waals surface area (Å²) in [6.45, 7) is 1.58. The number of cyclic esters (lactones) is 1. The molecule has 1 heterocycles. The van der Waals surface area contributed by atoms with Crippen molar-refractivity contribution in [2.24, 2.45) is 0 Å². The molecule has 17 heavy (non-hydrogen) atoms. The second-order valence-corrected chi connectivity index (χ2v) is 3.70. The van der Waals surface area contributed by atoms with Crippen LogP contribution in [-0.2, 0) is 4.74 Å². The van der Waals surface area contributed by atoms with Crippen molar-refractivity contribution in [3.63, 3.8) is 0 Å². The van der Waals surface area contributed by atoms with Gasteiger partial charge in [-0.25, -0.2) is 9.18 Å². The number of nitro groups is 1. The molecule has 6 nitrogen and oxygen atoms in total. The first kappa shape index (κ1) is 11.3. The minimum atomic E-state index is -0.706. The molecule has 0 aromatic heterocycles. The second-order valence-electron chi connectivity index (χ2n) is 3.70. The van der Waals surface area contributed by atoms with E-state index >= 15 is 0 Å². The highest BCUT2D eigenvalue weighted by molar-refractivity contribution is 5.70. The normalized spacial score (nSPS) is 23.1. The number of non-ortho nitro benzene ring substituents is 1. The van der Waals surface area contributed by atoms with Crippen molar-refractivity contribution < 1.29 is 18.8 Å². The van der Waals surface area contributed by atoms with E-state index in [2.05, 4.69) is 5.32 Å². The number of carbonyl (C=O) groups is 1. The lowest BCUT2D eigenvalue weighted by molar-refractivity contribution is -0.385. The number of carbonyl (C=O) groups excluding carboxylic acids is 1. The van der Waals surface area contributed by atoms with E-state index in [4.69, 9.17) is 4.74 Å². The number of nitro benzene ring substituents is 1. The van der Waals surface area contributed by atoms with Crippen LogP contribution in [0.4, 0.5) is 14.9 Å². The number of amides is 1. The molecule has 1 aliphatic heterocycles. The van der Waals surface area contributed by atoms with Gasteiger partial charge < -0.3 is 10.1 Å². The predicted molar refractivity (Wildman–Crippen MR) is 54.9 cm³/mol. The molecule has 0 spiro atoms. The first-order valence-corrected chi connectivity index (χ1v) is 4.90. The van der Waals surface area contributed by atoms with Crippen LogP contribution in [0.2, 0.25) is 0 Å². The molecule has 0 aliphatic carbocycles. The molecule has 7 heteroatoms. The van der Waals surface area contributed by atoms with Crippen LogP contribution in [0.5, 0.6) is 0 Å². The van der Waals surface area contributed by atoms with Crippen LogP contribution in [0.15, 0.2) is 18.2 Å². The van der Waals surface area contributed by atoms with Gasteiger partial charge in [0.15, 0.2) is 0 Å². The van der Waals surface area contributed by atoms with E-state index < -0.39 is 29.0 Å². The Hall–Kier alpha value is -2.18. The number of hydrogen-bond donors (Lipinski definition) is 1. The molecule has 1 N–H and O–H groups in total. The number of rotatable bonds is 2. The van der Waals surface area contributed by atoms with Gasteiger partial charge >= 0.3 is 6.09 Å². The minimum absolute atomic E-state index is 0.0533. The fraction of sp³-hybridized carbons (Fsp3) is 0.300. The highest BCUT2D eigenvalue weighted by Crippen LogP contribution is 2.29. The smallest absolute Gasteiger partial charge is 0.408 e. The Kier molecular flexibility index (Phi) is 2.66. The SMILES string of the molecule is CC1OC(=O)NC1c1cc([N+](=O)[O-])ccc1F. The van der Waals surface area contributed by atoms with Crippen molar-refractivity contribution in [1.82, 2.24) is 5.32 Å². The van der Waals surface area contributed by atoms with E-state index in [9.17, 15) is 19.3 Å². The van der Waals surface area contributed by atoms with E-state index in [0.29, 0.717) is 0 Å². The number of hydrogen-bond acceptors (Lipinski definition) is 4. The van der Waals surface area contributed by atoms with Crippen molar-refractivity contribution >= 4 is 11.8 Å². The molecular weight excluding hydrogens is 231 g/mol. The van der Waals surface area contributed by atoms with E-state index in [0.717, 1.165) is 18.2 Å². The summed E-state index contributed by atoms with van der Waals surface area (Å²) in [5.74, 6) is -0.613. The summed E-state index contributed by atoms with van der Waals surface area (Å²) >= 11 is 0. The Morgan fingerprint density at radius 2 is 2.24 bits per heavy atom. The molecule has 2 atom stereocenters. The van der Waals surface area contributed by atoms with Crippen LogP contribution in [0.3, 0.4) is 0 Å². The van der Waals surface area contributed by atoms with E-state index in [1.165, 1.54) is 0 Å². The van der Waals surface area contributed by atoms with Gasteiger partial charge in [0.1, 0.15) is 11.9 Å². The van der Waals surface area contributed by atoms with Gasteiger partial charge in [-0.05, 0) is 13.0 Å². The summed E-state index contributed by atoms with van der Waals surface area (Å²) in [6.07, 6.45) is -1.23. The van der Waals surface area contributed by atoms with Gasteiger partial charge in [-0.2, -0.15) is 0 Å². The Morgan fingerprint density at radius 1 is 1.53 bits per heavy atom. The molecule has 0 bridgehead atoms. The van der Waals surface area contributed by atoms with Crippen molar-refractivity contribution in [3.05, 3.63) is 39.7 Å². The van der Waals surface area contributed by atoms with Gasteiger partial charge in [-0.3, -0.25) is 10.1 Å². The standard InChI is InChI=1S/C10H9FN2O4/c1-5-9(12-10(14)17-5)7-4-6(13(15)16)2-3-8(7)11/h2-5,9H,1H3,(H,12,14). The van der Waals surface area contributed by atoms with Crippen LogP contribution in [0.25, 0.3) is 0 Å². The Labute approximate surface area is 95.5 Å². The zero-order valence-electron chi connectivity index (χ0n) is 8.84. The number of halogens is 1. The molecule has 1 aromatic rings. The fourth-order valence-electron chi connectivity index (χ4n) is 1.73. The molecule has 1 aliphatic rings. The van der Waals surface area contributed by atoms with Crippen LogP contribution in [-0.4, -0.2) is 17.1 Å². The average Bonchev–Trinajstić information content (AvgIpc) is 2.58. The zero-order valence-corrected chi connectivity index (χ0v) is 8.84. The topological polar surface area (TPSA) is 81.5 Å². The number of benzene rings is 1. The Bertz CT molecular complexity index is 491. The third-order valence-electron chi connectivity index (χ3n) is 2.56. The number of ether oxygens (including phenoxy) is 1. The molecule has 2 rings (SSSR count). The maximum absolute atomic E-state index is 13.6. The largest absolute Gasteiger partial charge is 0.444 e. The van der Waals surface area contributed by atoms with Gasteiger partial charge in [0.05, 0.1) is 11.0 Å². The maximum atomic E-state index is 13.6. The molecule has 1 amide bonds. The van der Waals surface area contributed by atoms with Crippen LogP contribution < -0.4 is 5.32 Å². The third kappa shape index (κ3) is 2.03. The lowest BCUT2D eigenvalue weighted by Gasteiger charge is -2.13. The molecule has 0 saturated carbocycles. The third-order valence-corrected chi connectivity index (χ3v) is 2.56. The van der Waals surface area contributed by atoms with Crippen molar-refractivity contribution in [3.8, 4) is 0 Å². The molecular formula is C10H9FN2O4. The zero-order chi connectivity index (χ0) is 12.6. The lowest BCUT2D eigenvalue weighted by atomic mass is 10.0. The molecule has 90 valence electrons. The molecule has 2 unspecified atom stereocenters. The summed E-state index contributed by atoms with van der Waals surface area (Å²) < 4.78 is 18.4. The molecule has 0 radical (unpaired) electrons. The molecule has 1 aromatic carbocycles. The number of alkyl carbamates (subject to hydrolysis) is 1. The van der Waals surface area contributed by atoms with Crippen molar-refractivity contribution in [2.75, 3.05) is 0 Å². The second kappa shape index (κ2) is 4.00. The lowest BCUT2D eigenvalue weighted by Crippen LogP contribution is -2.22. The first-order valence-electron chi connectivity index (χ1n) is 4.90. The van der Waals surface area contributed by atoms with Crippen LogP contribution >= 0.6 is 0 Å². The van der Waals surface area contributed by atoms with Crippen molar-refractivity contribution in [2.45, 2.75) is 19.1 Å². The summed E-state index contributed by atoms with van der Waals surface area (Å²) in [7, 11) is 0. The van der Waals surface area contributed by atoms with E-state index in [1.54, 1.807) is 6.92 Å².